The highest BCUT2D eigenvalue weighted by atomic mass is 32.2. The molecule has 0 aliphatic rings. The lowest BCUT2D eigenvalue weighted by Crippen LogP contribution is -2.10. The molecule has 0 atom stereocenters. The zero-order valence-corrected chi connectivity index (χ0v) is 13.2. The van der Waals surface area contributed by atoms with E-state index in [1.54, 1.807) is 31.0 Å². The first-order valence-corrected chi connectivity index (χ1v) is 8.21. The molecule has 0 spiro atoms. The van der Waals surface area contributed by atoms with E-state index in [1.165, 1.54) is 0 Å². The Bertz CT molecular complexity index is 449. The van der Waals surface area contributed by atoms with Crippen LogP contribution in [0, 0.1) is 0 Å². The fourth-order valence-electron chi connectivity index (χ4n) is 2.07. The molecule has 0 unspecified atom stereocenters. The predicted molar refractivity (Wildman–Crippen MR) is 85.2 cm³/mol. The molecule has 5 heteroatoms. The third-order valence-corrected chi connectivity index (χ3v) is 3.67. The average molecular weight is 297 g/mol. The zero-order valence-electron chi connectivity index (χ0n) is 12.4. The van der Waals surface area contributed by atoms with Crippen LogP contribution < -0.4 is 10.1 Å². The van der Waals surface area contributed by atoms with Gasteiger partial charge in [-0.2, -0.15) is 11.8 Å². The Labute approximate surface area is 124 Å². The highest BCUT2D eigenvalue weighted by molar-refractivity contribution is 7.97. The van der Waals surface area contributed by atoms with Gasteiger partial charge in [0.25, 0.3) is 0 Å². The Balaban J connectivity index is 3.07. The van der Waals surface area contributed by atoms with Gasteiger partial charge in [0.05, 0.1) is 18.4 Å². The predicted octanol–water partition coefficient (Wildman–Crippen LogP) is 3.86. The summed E-state index contributed by atoms with van der Waals surface area (Å²) >= 11 is 1.60. The van der Waals surface area contributed by atoms with E-state index in [2.05, 4.69) is 12.2 Å². The molecule has 0 amide bonds. The van der Waals surface area contributed by atoms with Crippen molar-refractivity contribution in [3.63, 3.8) is 0 Å². The lowest BCUT2D eigenvalue weighted by Gasteiger charge is -2.17. The van der Waals surface area contributed by atoms with Crippen LogP contribution in [-0.2, 0) is 5.75 Å². The van der Waals surface area contributed by atoms with E-state index >= 15 is 0 Å². The van der Waals surface area contributed by atoms with Crippen LogP contribution in [0.15, 0.2) is 12.1 Å². The molecule has 0 bridgehead atoms. The second-order valence-corrected chi connectivity index (χ2v) is 5.41. The number of hydrogen-bond donors (Lipinski definition) is 2. The summed E-state index contributed by atoms with van der Waals surface area (Å²) in [6.45, 7) is 2.99. The number of anilines is 1. The van der Waals surface area contributed by atoms with E-state index in [-0.39, 0.29) is 0 Å². The monoisotopic (exact) mass is 297 g/mol. The molecule has 0 aliphatic carbocycles. The number of methoxy groups -OCH3 is 1. The van der Waals surface area contributed by atoms with Crippen molar-refractivity contribution in [3.8, 4) is 5.75 Å². The van der Waals surface area contributed by atoms with Crippen LogP contribution in [0.3, 0.4) is 0 Å². The van der Waals surface area contributed by atoms with Crippen LogP contribution in [0.25, 0.3) is 0 Å². The number of aromatic carboxylic acids is 1. The number of thioether (sulfide) groups is 1. The molecule has 4 nitrogen and oxygen atoms in total. The molecule has 0 aromatic heterocycles. The number of rotatable bonds is 9. The van der Waals surface area contributed by atoms with Gasteiger partial charge < -0.3 is 15.2 Å². The van der Waals surface area contributed by atoms with Gasteiger partial charge in [0.2, 0.25) is 0 Å². The molecule has 0 fully saturated rings. The molecule has 1 rings (SSSR count). The van der Waals surface area contributed by atoms with Crippen molar-refractivity contribution in [2.45, 2.75) is 31.9 Å². The summed E-state index contributed by atoms with van der Waals surface area (Å²) in [6.07, 6.45) is 5.35. The second kappa shape index (κ2) is 8.74. The fraction of sp³-hybridized carbons (Fsp3) is 0.533. The number of benzene rings is 1. The van der Waals surface area contributed by atoms with Gasteiger partial charge in [-0.05, 0) is 24.8 Å². The van der Waals surface area contributed by atoms with Crippen molar-refractivity contribution in [2.75, 3.05) is 25.2 Å². The molecular formula is C15H23NO3S. The van der Waals surface area contributed by atoms with Gasteiger partial charge in [-0.15, -0.1) is 0 Å². The molecule has 112 valence electrons. The number of hydrogen-bond acceptors (Lipinski definition) is 4. The number of ether oxygens (including phenoxy) is 1. The average Bonchev–Trinajstić information content (AvgIpc) is 2.44. The number of carboxylic acids is 1. The number of carbonyl (C=O) groups is 1. The Hall–Kier alpha value is -1.36. The topological polar surface area (TPSA) is 58.6 Å². The second-order valence-electron chi connectivity index (χ2n) is 4.54. The fourth-order valence-corrected chi connectivity index (χ4v) is 2.66. The molecule has 0 saturated carbocycles. The quantitative estimate of drug-likeness (QED) is 0.678. The van der Waals surface area contributed by atoms with Crippen LogP contribution in [0.2, 0.25) is 0 Å². The highest BCUT2D eigenvalue weighted by Crippen LogP contribution is 2.33. The lowest BCUT2D eigenvalue weighted by molar-refractivity contribution is 0.0696. The Morgan fingerprint density at radius 3 is 2.70 bits per heavy atom. The molecule has 1 aromatic rings. The summed E-state index contributed by atoms with van der Waals surface area (Å²) in [5.41, 5.74) is 1.97. The first-order valence-electron chi connectivity index (χ1n) is 6.81. The first kappa shape index (κ1) is 16.7. The molecule has 0 saturated heterocycles. The number of carboxylic acid groups (broad SMARTS) is 1. The molecule has 2 N–H and O–H groups in total. The lowest BCUT2D eigenvalue weighted by atomic mass is 10.1. The van der Waals surface area contributed by atoms with Crippen molar-refractivity contribution in [1.29, 1.82) is 0 Å². The van der Waals surface area contributed by atoms with Crippen molar-refractivity contribution in [3.05, 3.63) is 23.3 Å². The summed E-state index contributed by atoms with van der Waals surface area (Å²) < 4.78 is 5.36. The third kappa shape index (κ3) is 4.34. The van der Waals surface area contributed by atoms with Crippen LogP contribution in [0.1, 0.15) is 42.1 Å². The van der Waals surface area contributed by atoms with E-state index in [1.807, 2.05) is 6.26 Å². The van der Waals surface area contributed by atoms with E-state index in [4.69, 9.17) is 4.74 Å². The summed E-state index contributed by atoms with van der Waals surface area (Å²) in [6, 6.07) is 3.33. The van der Waals surface area contributed by atoms with E-state index in [0.29, 0.717) is 17.1 Å². The van der Waals surface area contributed by atoms with E-state index < -0.39 is 5.97 Å². The van der Waals surface area contributed by atoms with Crippen molar-refractivity contribution in [1.82, 2.24) is 0 Å². The maximum atomic E-state index is 11.3. The van der Waals surface area contributed by atoms with Crippen molar-refractivity contribution < 1.29 is 14.6 Å². The minimum Gasteiger partial charge on any atom is -0.495 e. The minimum atomic E-state index is -0.895. The Kier molecular flexibility index (Phi) is 7.30. The van der Waals surface area contributed by atoms with Crippen molar-refractivity contribution in [2.24, 2.45) is 0 Å². The molecule has 0 heterocycles. The maximum absolute atomic E-state index is 11.3. The van der Waals surface area contributed by atoms with Crippen molar-refractivity contribution >= 4 is 23.4 Å². The van der Waals surface area contributed by atoms with Gasteiger partial charge in [0, 0.05) is 17.9 Å². The Morgan fingerprint density at radius 1 is 1.40 bits per heavy atom. The smallest absolute Gasteiger partial charge is 0.336 e. The number of nitrogens with one attached hydrogen (secondary N) is 1. The summed E-state index contributed by atoms with van der Waals surface area (Å²) in [7, 11) is 1.61. The molecule has 0 aliphatic heterocycles. The van der Waals surface area contributed by atoms with Crippen LogP contribution in [0.4, 0.5) is 5.69 Å². The summed E-state index contributed by atoms with van der Waals surface area (Å²) in [5, 5.41) is 12.7. The molecule has 20 heavy (non-hydrogen) atoms. The maximum Gasteiger partial charge on any atom is 0.336 e. The van der Waals surface area contributed by atoms with Gasteiger partial charge in [-0.3, -0.25) is 0 Å². The molecule has 0 radical (unpaired) electrons. The van der Waals surface area contributed by atoms with Crippen LogP contribution >= 0.6 is 11.8 Å². The van der Waals surface area contributed by atoms with Gasteiger partial charge in [0.15, 0.2) is 0 Å². The summed E-state index contributed by atoms with van der Waals surface area (Å²) in [4.78, 5) is 11.3. The highest BCUT2D eigenvalue weighted by Gasteiger charge is 2.17. The van der Waals surface area contributed by atoms with Gasteiger partial charge in [-0.25, -0.2) is 4.79 Å². The van der Waals surface area contributed by atoms with E-state index in [0.717, 1.165) is 37.1 Å². The minimum absolute atomic E-state index is 0.346. The number of unbranched alkanes of at least 4 members (excludes halogenated alkanes) is 2. The molecular weight excluding hydrogens is 274 g/mol. The van der Waals surface area contributed by atoms with Gasteiger partial charge in [0.1, 0.15) is 5.75 Å². The van der Waals surface area contributed by atoms with Crippen LogP contribution in [-0.4, -0.2) is 31.0 Å². The molecule has 1 aromatic carbocycles. The standard InChI is InChI=1S/C15H23NO3S/c1-4-5-6-9-16-14-12(10-20-3)11(15(17)18)7-8-13(14)19-2/h7-8,16H,4-6,9-10H2,1-3H3,(H,17,18). The normalized spacial score (nSPS) is 10.3. The third-order valence-electron chi connectivity index (χ3n) is 3.10. The van der Waals surface area contributed by atoms with Gasteiger partial charge >= 0.3 is 5.97 Å². The Morgan fingerprint density at radius 2 is 2.15 bits per heavy atom. The first-order chi connectivity index (χ1) is 9.65. The largest absolute Gasteiger partial charge is 0.495 e. The van der Waals surface area contributed by atoms with Gasteiger partial charge in [-0.1, -0.05) is 19.8 Å². The SMILES string of the molecule is CCCCCNc1c(OC)ccc(C(=O)O)c1CSC. The van der Waals surface area contributed by atoms with E-state index in [9.17, 15) is 9.90 Å². The van der Waals surface area contributed by atoms with Crippen LogP contribution in [0.5, 0.6) is 5.75 Å². The zero-order chi connectivity index (χ0) is 15.0. The summed E-state index contributed by atoms with van der Waals surface area (Å²) in [5.74, 6) is 0.457.